The number of ether oxygens (including phenoxy) is 1. The van der Waals surface area contributed by atoms with Crippen LogP contribution in [0.5, 0.6) is 0 Å². The van der Waals surface area contributed by atoms with Gasteiger partial charge in [0.2, 0.25) is 0 Å². The minimum absolute atomic E-state index is 0.164. The van der Waals surface area contributed by atoms with E-state index in [0.717, 1.165) is 24.8 Å². The average Bonchev–Trinajstić information content (AvgIpc) is 2.21. The average molecular weight is 198 g/mol. The first kappa shape index (κ1) is 13.2. The Labute approximate surface area is 87.3 Å². The van der Waals surface area contributed by atoms with Gasteiger partial charge in [0.1, 0.15) is 0 Å². The van der Waals surface area contributed by atoms with Crippen LogP contribution in [0.4, 0.5) is 0 Å². The van der Waals surface area contributed by atoms with Crippen molar-refractivity contribution < 1.29 is 9.53 Å². The second-order valence-corrected chi connectivity index (χ2v) is 3.47. The van der Waals surface area contributed by atoms with Crippen LogP contribution >= 0.6 is 0 Å². The van der Waals surface area contributed by atoms with E-state index in [1.54, 1.807) is 0 Å². The van der Waals surface area contributed by atoms with Gasteiger partial charge in [-0.1, -0.05) is 39.2 Å². The number of allylic oxidation sites excluding steroid dienone is 1. The molecular formula is C12H22O2. The van der Waals surface area contributed by atoms with Gasteiger partial charge in [0.05, 0.1) is 7.11 Å². The lowest BCUT2D eigenvalue weighted by Gasteiger charge is -2.03. The molecule has 14 heavy (non-hydrogen) atoms. The van der Waals surface area contributed by atoms with Crippen molar-refractivity contribution in [2.24, 2.45) is 0 Å². The van der Waals surface area contributed by atoms with Gasteiger partial charge in [0, 0.05) is 5.57 Å². The SMILES string of the molecule is CCCCCC=C(CCC)C(=O)OC. The molecule has 0 saturated heterocycles. The van der Waals surface area contributed by atoms with Crippen LogP contribution in [-0.2, 0) is 9.53 Å². The molecule has 0 fully saturated rings. The molecule has 0 aliphatic heterocycles. The van der Waals surface area contributed by atoms with Crippen molar-refractivity contribution in [2.75, 3.05) is 7.11 Å². The molecule has 2 heteroatoms. The summed E-state index contributed by atoms with van der Waals surface area (Å²) >= 11 is 0. The van der Waals surface area contributed by atoms with Crippen molar-refractivity contribution in [1.82, 2.24) is 0 Å². The number of hydrogen-bond acceptors (Lipinski definition) is 2. The zero-order valence-corrected chi connectivity index (χ0v) is 9.64. The van der Waals surface area contributed by atoms with Gasteiger partial charge < -0.3 is 4.74 Å². The molecule has 0 radical (unpaired) electrons. The highest BCUT2D eigenvalue weighted by Crippen LogP contribution is 2.10. The second-order valence-electron chi connectivity index (χ2n) is 3.47. The van der Waals surface area contributed by atoms with Crippen LogP contribution < -0.4 is 0 Å². The highest BCUT2D eigenvalue weighted by molar-refractivity contribution is 5.88. The normalized spacial score (nSPS) is 11.5. The number of carbonyl (C=O) groups is 1. The van der Waals surface area contributed by atoms with E-state index in [-0.39, 0.29) is 5.97 Å². The minimum Gasteiger partial charge on any atom is -0.466 e. The lowest BCUT2D eigenvalue weighted by Crippen LogP contribution is -2.04. The van der Waals surface area contributed by atoms with Gasteiger partial charge in [-0.25, -0.2) is 4.79 Å². The van der Waals surface area contributed by atoms with Gasteiger partial charge in [0.15, 0.2) is 0 Å². The highest BCUT2D eigenvalue weighted by atomic mass is 16.5. The second kappa shape index (κ2) is 8.79. The summed E-state index contributed by atoms with van der Waals surface area (Å²) in [6, 6.07) is 0. The monoisotopic (exact) mass is 198 g/mol. The van der Waals surface area contributed by atoms with Crippen molar-refractivity contribution in [3.63, 3.8) is 0 Å². The quantitative estimate of drug-likeness (QED) is 0.356. The van der Waals surface area contributed by atoms with Gasteiger partial charge in [-0.15, -0.1) is 0 Å². The van der Waals surface area contributed by atoms with Crippen molar-refractivity contribution in [2.45, 2.75) is 52.4 Å². The summed E-state index contributed by atoms with van der Waals surface area (Å²) in [5.41, 5.74) is 0.839. The van der Waals surface area contributed by atoms with Crippen molar-refractivity contribution in [3.05, 3.63) is 11.6 Å². The van der Waals surface area contributed by atoms with Crippen molar-refractivity contribution in [1.29, 1.82) is 0 Å². The summed E-state index contributed by atoms with van der Waals surface area (Å²) in [4.78, 5) is 11.3. The Kier molecular flexibility index (Phi) is 8.30. The smallest absolute Gasteiger partial charge is 0.333 e. The van der Waals surface area contributed by atoms with Gasteiger partial charge in [-0.3, -0.25) is 0 Å². The molecule has 0 aromatic heterocycles. The van der Waals surface area contributed by atoms with Crippen LogP contribution in [0.15, 0.2) is 11.6 Å². The molecule has 0 rings (SSSR count). The lowest BCUT2D eigenvalue weighted by atomic mass is 10.1. The minimum atomic E-state index is -0.164. The molecule has 0 aliphatic carbocycles. The molecule has 0 aliphatic rings. The van der Waals surface area contributed by atoms with Gasteiger partial charge in [-0.2, -0.15) is 0 Å². The predicted octanol–water partition coefficient (Wildman–Crippen LogP) is 3.47. The van der Waals surface area contributed by atoms with E-state index in [9.17, 15) is 4.79 Å². The summed E-state index contributed by atoms with van der Waals surface area (Å²) in [7, 11) is 1.44. The first-order valence-electron chi connectivity index (χ1n) is 5.53. The Morgan fingerprint density at radius 2 is 1.93 bits per heavy atom. The standard InChI is InChI=1S/C12H22O2/c1-4-6-7-8-10-11(9-5-2)12(13)14-3/h10H,4-9H2,1-3H3. The van der Waals surface area contributed by atoms with E-state index in [4.69, 9.17) is 4.74 Å². The molecule has 0 heterocycles. The largest absolute Gasteiger partial charge is 0.466 e. The fourth-order valence-electron chi connectivity index (χ4n) is 1.36. The van der Waals surface area contributed by atoms with Crippen LogP contribution in [0.1, 0.15) is 52.4 Å². The molecule has 0 aromatic carbocycles. The number of hydrogen-bond donors (Lipinski definition) is 0. The fourth-order valence-corrected chi connectivity index (χ4v) is 1.36. The number of carbonyl (C=O) groups excluding carboxylic acids is 1. The zero-order chi connectivity index (χ0) is 10.8. The van der Waals surface area contributed by atoms with Gasteiger partial charge in [0.25, 0.3) is 0 Å². The first-order chi connectivity index (χ1) is 6.76. The van der Waals surface area contributed by atoms with E-state index in [0.29, 0.717) is 0 Å². The Balaban J connectivity index is 3.98. The molecule has 0 bridgehead atoms. The van der Waals surface area contributed by atoms with E-state index in [1.165, 1.54) is 26.4 Å². The third-order valence-electron chi connectivity index (χ3n) is 2.17. The first-order valence-corrected chi connectivity index (χ1v) is 5.53. The maximum atomic E-state index is 11.3. The fraction of sp³-hybridized carbons (Fsp3) is 0.750. The third kappa shape index (κ3) is 5.79. The molecule has 0 unspecified atom stereocenters. The number of methoxy groups -OCH3 is 1. The molecule has 0 atom stereocenters. The molecular weight excluding hydrogens is 176 g/mol. The Morgan fingerprint density at radius 1 is 1.21 bits per heavy atom. The highest BCUT2D eigenvalue weighted by Gasteiger charge is 2.06. The summed E-state index contributed by atoms with van der Waals surface area (Å²) < 4.78 is 4.71. The van der Waals surface area contributed by atoms with E-state index in [2.05, 4.69) is 13.8 Å². The molecule has 0 aromatic rings. The topological polar surface area (TPSA) is 26.3 Å². The molecule has 0 N–H and O–H groups in total. The van der Waals surface area contributed by atoms with Crippen LogP contribution in [0, 0.1) is 0 Å². The van der Waals surface area contributed by atoms with Crippen LogP contribution in [0.3, 0.4) is 0 Å². The Bertz CT molecular complexity index is 183. The Morgan fingerprint density at radius 3 is 2.43 bits per heavy atom. The van der Waals surface area contributed by atoms with Crippen molar-refractivity contribution >= 4 is 5.97 Å². The van der Waals surface area contributed by atoms with E-state index in [1.807, 2.05) is 6.08 Å². The van der Waals surface area contributed by atoms with Crippen LogP contribution in [-0.4, -0.2) is 13.1 Å². The molecule has 0 saturated carbocycles. The summed E-state index contributed by atoms with van der Waals surface area (Å²) in [6.07, 6.45) is 8.48. The Hall–Kier alpha value is -0.790. The summed E-state index contributed by atoms with van der Waals surface area (Å²) in [5.74, 6) is -0.164. The number of esters is 1. The van der Waals surface area contributed by atoms with E-state index < -0.39 is 0 Å². The molecule has 82 valence electrons. The predicted molar refractivity (Wildman–Crippen MR) is 59.1 cm³/mol. The van der Waals surface area contributed by atoms with Crippen LogP contribution in [0.25, 0.3) is 0 Å². The van der Waals surface area contributed by atoms with Crippen LogP contribution in [0.2, 0.25) is 0 Å². The molecule has 2 nitrogen and oxygen atoms in total. The van der Waals surface area contributed by atoms with Gasteiger partial charge >= 0.3 is 5.97 Å². The van der Waals surface area contributed by atoms with E-state index >= 15 is 0 Å². The molecule has 0 spiro atoms. The lowest BCUT2D eigenvalue weighted by molar-refractivity contribution is -0.136. The molecule has 0 amide bonds. The summed E-state index contributed by atoms with van der Waals surface area (Å²) in [5, 5.41) is 0. The summed E-state index contributed by atoms with van der Waals surface area (Å²) in [6.45, 7) is 4.25. The third-order valence-corrected chi connectivity index (χ3v) is 2.17. The maximum absolute atomic E-state index is 11.3. The number of unbranched alkanes of at least 4 members (excludes halogenated alkanes) is 3. The van der Waals surface area contributed by atoms with Gasteiger partial charge in [-0.05, 0) is 19.3 Å². The maximum Gasteiger partial charge on any atom is 0.333 e. The number of rotatable bonds is 7. The van der Waals surface area contributed by atoms with Crippen molar-refractivity contribution in [3.8, 4) is 0 Å². The zero-order valence-electron chi connectivity index (χ0n) is 9.64.